The first-order chi connectivity index (χ1) is 13.4. The molecule has 0 unspecified atom stereocenters. The lowest BCUT2D eigenvalue weighted by molar-refractivity contribution is 0.102. The minimum absolute atomic E-state index is 0.0658. The Morgan fingerprint density at radius 3 is 2.46 bits per heavy atom. The third-order valence-electron chi connectivity index (χ3n) is 3.91. The molecule has 0 aliphatic heterocycles. The van der Waals surface area contributed by atoms with Crippen LogP contribution in [-0.4, -0.2) is 22.1 Å². The lowest BCUT2D eigenvalue weighted by atomic mass is 10.2. The van der Waals surface area contributed by atoms with Gasteiger partial charge in [-0.2, -0.15) is 10.1 Å². The number of amides is 1. The van der Waals surface area contributed by atoms with Crippen LogP contribution in [0.15, 0.2) is 58.4 Å². The summed E-state index contributed by atoms with van der Waals surface area (Å²) in [6.45, 7) is 3.61. The number of aromatic amines is 1. The van der Waals surface area contributed by atoms with Gasteiger partial charge in [-0.05, 0) is 43.7 Å². The van der Waals surface area contributed by atoms with Crippen LogP contribution < -0.4 is 16.4 Å². The number of carbonyl (C=O) groups is 1. The number of nitrogens with one attached hydrogen (secondary N) is 3. The maximum atomic E-state index is 12.7. The van der Waals surface area contributed by atoms with E-state index in [-0.39, 0.29) is 11.4 Å². The zero-order valence-corrected chi connectivity index (χ0v) is 16.0. The summed E-state index contributed by atoms with van der Waals surface area (Å²) in [4.78, 5) is 30.8. The van der Waals surface area contributed by atoms with E-state index in [0.717, 1.165) is 11.1 Å². The van der Waals surface area contributed by atoms with Crippen molar-refractivity contribution in [3.8, 4) is 0 Å². The van der Waals surface area contributed by atoms with E-state index >= 15 is 0 Å². The van der Waals surface area contributed by atoms with Gasteiger partial charge in [-0.3, -0.25) is 10.2 Å². The Labute approximate surface area is 166 Å². The van der Waals surface area contributed by atoms with Crippen molar-refractivity contribution in [3.63, 3.8) is 0 Å². The Morgan fingerprint density at radius 1 is 1.11 bits per heavy atom. The Hall–Kier alpha value is -3.45. The summed E-state index contributed by atoms with van der Waals surface area (Å²) >= 11 is 5.86. The first-order valence-electron chi connectivity index (χ1n) is 8.46. The largest absolute Gasteiger partial charge is 0.347 e. The maximum absolute atomic E-state index is 12.7. The predicted molar refractivity (Wildman–Crippen MR) is 111 cm³/mol. The Bertz CT molecular complexity index is 1070. The number of hydrazone groups is 1. The van der Waals surface area contributed by atoms with Crippen molar-refractivity contribution >= 4 is 35.2 Å². The molecule has 3 rings (SSSR count). The first kappa shape index (κ1) is 19.3. The Balaban J connectivity index is 1.84. The number of benzene rings is 2. The molecule has 0 aliphatic rings. The number of carbonyl (C=O) groups excluding carboxylic acids is 1. The van der Waals surface area contributed by atoms with Gasteiger partial charge in [0.15, 0.2) is 5.82 Å². The number of halogens is 1. The summed E-state index contributed by atoms with van der Waals surface area (Å²) in [6.07, 6.45) is 1.58. The second kappa shape index (κ2) is 8.49. The monoisotopic (exact) mass is 395 g/mol. The van der Waals surface area contributed by atoms with Crippen LogP contribution in [0.3, 0.4) is 0 Å². The SMILES string of the molecule is Cc1ccc(/C=N/Nc2nc(=O)[nH]c(C)c2C(=O)Nc2ccc(Cl)cc2)cc1. The van der Waals surface area contributed by atoms with Gasteiger partial charge >= 0.3 is 5.69 Å². The van der Waals surface area contributed by atoms with Crippen LogP contribution in [-0.2, 0) is 0 Å². The smallest absolute Gasteiger partial charge is 0.322 e. The highest BCUT2D eigenvalue weighted by atomic mass is 35.5. The number of rotatable bonds is 5. The molecular weight excluding hydrogens is 378 g/mol. The van der Waals surface area contributed by atoms with E-state index in [0.29, 0.717) is 16.4 Å². The maximum Gasteiger partial charge on any atom is 0.347 e. The molecule has 0 fully saturated rings. The average molecular weight is 396 g/mol. The number of nitrogens with zero attached hydrogens (tertiary/aromatic N) is 2. The highest BCUT2D eigenvalue weighted by Crippen LogP contribution is 2.18. The zero-order valence-electron chi connectivity index (χ0n) is 15.3. The van der Waals surface area contributed by atoms with E-state index in [4.69, 9.17) is 11.6 Å². The molecule has 0 bridgehead atoms. The van der Waals surface area contributed by atoms with Crippen molar-refractivity contribution in [1.82, 2.24) is 9.97 Å². The summed E-state index contributed by atoms with van der Waals surface area (Å²) in [5.74, 6) is -0.368. The highest BCUT2D eigenvalue weighted by molar-refractivity contribution is 6.30. The fourth-order valence-corrected chi connectivity index (χ4v) is 2.62. The molecular formula is C20H18ClN5O2. The normalized spacial score (nSPS) is 10.8. The van der Waals surface area contributed by atoms with Crippen molar-refractivity contribution in [3.05, 3.63) is 86.4 Å². The molecule has 142 valence electrons. The molecule has 3 N–H and O–H groups in total. The van der Waals surface area contributed by atoms with Crippen LogP contribution in [0.1, 0.15) is 27.2 Å². The molecule has 3 aromatic rings. The van der Waals surface area contributed by atoms with Crippen LogP contribution in [0, 0.1) is 13.8 Å². The minimum atomic E-state index is -0.575. The molecule has 0 atom stereocenters. The number of aryl methyl sites for hydroxylation is 2. The lowest BCUT2D eigenvalue weighted by Crippen LogP contribution is -2.22. The van der Waals surface area contributed by atoms with Gasteiger partial charge < -0.3 is 10.3 Å². The summed E-state index contributed by atoms with van der Waals surface area (Å²) in [7, 11) is 0. The van der Waals surface area contributed by atoms with E-state index in [1.54, 1.807) is 37.4 Å². The number of H-pyrrole nitrogens is 1. The summed E-state index contributed by atoms with van der Waals surface area (Å²) < 4.78 is 0. The van der Waals surface area contributed by atoms with Crippen LogP contribution >= 0.6 is 11.6 Å². The second-order valence-corrected chi connectivity index (χ2v) is 6.57. The quantitative estimate of drug-likeness (QED) is 0.452. The highest BCUT2D eigenvalue weighted by Gasteiger charge is 2.17. The number of anilines is 2. The van der Waals surface area contributed by atoms with Gasteiger partial charge in [0.2, 0.25) is 0 Å². The van der Waals surface area contributed by atoms with Crippen LogP contribution in [0.4, 0.5) is 11.5 Å². The zero-order chi connectivity index (χ0) is 20.1. The third-order valence-corrected chi connectivity index (χ3v) is 4.16. The summed E-state index contributed by atoms with van der Waals surface area (Å²) in [5, 5.41) is 7.41. The van der Waals surface area contributed by atoms with Gasteiger partial charge in [-0.25, -0.2) is 4.79 Å². The van der Waals surface area contributed by atoms with Crippen molar-refractivity contribution in [2.24, 2.45) is 5.10 Å². The van der Waals surface area contributed by atoms with Gasteiger partial charge in [-0.1, -0.05) is 41.4 Å². The van der Waals surface area contributed by atoms with Crippen molar-refractivity contribution in [2.45, 2.75) is 13.8 Å². The molecule has 8 heteroatoms. The molecule has 1 aromatic heterocycles. The van der Waals surface area contributed by atoms with Crippen molar-refractivity contribution in [1.29, 1.82) is 0 Å². The molecule has 0 radical (unpaired) electrons. The molecule has 28 heavy (non-hydrogen) atoms. The molecule has 2 aromatic carbocycles. The van der Waals surface area contributed by atoms with E-state index in [2.05, 4.69) is 25.8 Å². The van der Waals surface area contributed by atoms with E-state index < -0.39 is 11.6 Å². The standard InChI is InChI=1S/C20H18ClN5O2/c1-12-3-5-14(6-4-12)11-22-26-18-17(13(2)23-20(28)25-18)19(27)24-16-9-7-15(21)8-10-16/h3-11H,1-2H3,(H,24,27)(H2,23,25,26,28)/b22-11+. The van der Waals surface area contributed by atoms with E-state index in [1.165, 1.54) is 0 Å². The minimum Gasteiger partial charge on any atom is -0.322 e. The average Bonchev–Trinajstić information content (AvgIpc) is 2.64. The number of hydrogen-bond donors (Lipinski definition) is 3. The molecule has 1 heterocycles. The molecule has 7 nitrogen and oxygen atoms in total. The molecule has 0 aliphatic carbocycles. The van der Waals surface area contributed by atoms with E-state index in [1.807, 2.05) is 31.2 Å². The van der Waals surface area contributed by atoms with Gasteiger partial charge in [0, 0.05) is 16.4 Å². The summed E-state index contributed by atoms with van der Waals surface area (Å²) in [5.41, 5.74) is 5.25. The van der Waals surface area contributed by atoms with Gasteiger partial charge in [0.1, 0.15) is 5.56 Å². The number of aromatic nitrogens is 2. The van der Waals surface area contributed by atoms with Crippen molar-refractivity contribution in [2.75, 3.05) is 10.7 Å². The lowest BCUT2D eigenvalue weighted by Gasteiger charge is -2.11. The fourth-order valence-electron chi connectivity index (χ4n) is 2.49. The molecule has 0 spiro atoms. The molecule has 0 saturated carbocycles. The third kappa shape index (κ3) is 4.83. The van der Waals surface area contributed by atoms with Crippen molar-refractivity contribution < 1.29 is 4.79 Å². The van der Waals surface area contributed by atoms with E-state index in [9.17, 15) is 9.59 Å². The molecule has 1 amide bonds. The van der Waals surface area contributed by atoms with Gasteiger partial charge in [-0.15, -0.1) is 0 Å². The van der Waals surface area contributed by atoms with Crippen LogP contribution in [0.25, 0.3) is 0 Å². The molecule has 0 saturated heterocycles. The van der Waals surface area contributed by atoms with Gasteiger partial charge in [0.05, 0.1) is 6.21 Å². The van der Waals surface area contributed by atoms with Crippen LogP contribution in [0.5, 0.6) is 0 Å². The second-order valence-electron chi connectivity index (χ2n) is 6.13. The topological polar surface area (TPSA) is 99.2 Å². The fraction of sp³-hybridized carbons (Fsp3) is 0.100. The summed E-state index contributed by atoms with van der Waals surface area (Å²) in [6, 6.07) is 14.4. The van der Waals surface area contributed by atoms with Gasteiger partial charge in [0.25, 0.3) is 5.91 Å². The number of hydrogen-bond acceptors (Lipinski definition) is 5. The van der Waals surface area contributed by atoms with Crippen LogP contribution in [0.2, 0.25) is 5.02 Å². The Kier molecular flexibility index (Phi) is 5.86. The Morgan fingerprint density at radius 2 is 1.79 bits per heavy atom. The predicted octanol–water partition coefficient (Wildman–Crippen LogP) is 3.74. The first-order valence-corrected chi connectivity index (χ1v) is 8.84.